The van der Waals surface area contributed by atoms with Crippen LogP contribution in [0.5, 0.6) is 0 Å². The van der Waals surface area contributed by atoms with Gasteiger partial charge >= 0.3 is 79.2 Å². The van der Waals surface area contributed by atoms with Crippen molar-refractivity contribution in [2.45, 2.75) is 0 Å². The number of carbonyl (C=O) groups is 1. The fourth-order valence-corrected chi connectivity index (χ4v) is 0. The Bertz CT molecular complexity index is 330. The molecule has 0 fully saturated rings. The van der Waals surface area contributed by atoms with Crippen molar-refractivity contribution in [1.29, 1.82) is 0 Å². The van der Waals surface area contributed by atoms with Crippen molar-refractivity contribution in [3.8, 4) is 0 Å². The fraction of sp³-hybridized carbons (Fsp3) is 0.500. The maximum absolute atomic E-state index is 9.75. The Labute approximate surface area is 205 Å². The molecule has 0 aliphatic heterocycles. The van der Waals surface area contributed by atoms with Crippen LogP contribution >= 0.6 is 0 Å². The summed E-state index contributed by atoms with van der Waals surface area (Å²) in [6.45, 7) is 0. The summed E-state index contributed by atoms with van der Waals surface area (Å²) in [6, 6.07) is 0. The number of rotatable bonds is 0. The van der Waals surface area contributed by atoms with E-state index >= 15 is 0 Å². The first-order valence-corrected chi connectivity index (χ1v) is 6.28. The van der Waals surface area contributed by atoms with E-state index in [-0.39, 0.29) is 29.6 Å². The molecule has 36 heavy (non-hydrogen) atoms. The molecule has 0 aliphatic rings. The van der Waals surface area contributed by atoms with Gasteiger partial charge in [0.25, 0.3) is 0 Å². The number of hydrogen-bond donors (Lipinski definition) is 1. The predicted octanol–water partition coefficient (Wildman–Crippen LogP) is 7.46. The molecule has 0 radical (unpaired) electrons. The Morgan fingerprint density at radius 3 is 0.444 bits per heavy atom. The van der Waals surface area contributed by atoms with Crippen LogP contribution in [0.25, 0.3) is 0 Å². The predicted molar refractivity (Wildman–Crippen MR) is 83.3 cm³/mol. The average Bonchev–Trinajstić information content (AvgIpc) is 2.25. The van der Waals surface area contributed by atoms with Gasteiger partial charge in [0, 0.05) is 0 Å². The Morgan fingerprint density at radius 2 is 0.444 bits per heavy atom. The van der Waals surface area contributed by atoms with Gasteiger partial charge < -0.3 is 113 Å². The quantitative estimate of drug-likeness (QED) is 0.174. The molecular formula is C2H5B6F24NaO3-6. The number of ether oxygens (including phenoxy) is 1. The van der Waals surface area contributed by atoms with E-state index in [4.69, 9.17) is 9.90 Å². The van der Waals surface area contributed by atoms with E-state index in [2.05, 4.69) is 4.74 Å². The van der Waals surface area contributed by atoms with Gasteiger partial charge in [0.2, 0.25) is 0 Å². The molecule has 34 heteroatoms. The SMILES string of the molecule is COC(=O)O.F[B-](F)(F)F.F[B-](F)(F)F.F[B-](F)(F)F.F[B-](F)(F)F.F[B-](F)(F)F.F[B-](F)(F)F.[NaH]. The van der Waals surface area contributed by atoms with E-state index in [1.165, 1.54) is 0 Å². The second kappa shape index (κ2) is 24.3. The summed E-state index contributed by atoms with van der Waals surface area (Å²) in [7, 11) is -34.9. The van der Waals surface area contributed by atoms with Crippen LogP contribution in [0.15, 0.2) is 0 Å². The summed E-state index contributed by atoms with van der Waals surface area (Å²) in [6.07, 6.45) is -1.25. The van der Waals surface area contributed by atoms with Crippen LogP contribution in [0, 0.1) is 0 Å². The summed E-state index contributed by atoms with van der Waals surface area (Å²) in [5.74, 6) is 0. The molecule has 0 saturated carbocycles. The molecule has 0 unspecified atom stereocenters. The average molecular weight is 621 g/mol. The van der Waals surface area contributed by atoms with Crippen LogP contribution in [0.2, 0.25) is 0 Å². The standard InChI is InChI=1S/C2H4O3.6BF4.Na.H/c1-5-2(3)4;6*2-1(3,4)5;;/h1H3,(H,3,4);;;;;;;;/q;6*-1;;. The molecule has 0 aliphatic carbocycles. The number of hydrogen-bond acceptors (Lipinski definition) is 2. The first kappa shape index (κ1) is 55.5. The number of carboxylic acid groups (broad SMARTS) is 1. The van der Waals surface area contributed by atoms with Crippen molar-refractivity contribution in [3.05, 3.63) is 0 Å². The van der Waals surface area contributed by atoms with Crippen molar-refractivity contribution >= 4 is 79.2 Å². The molecule has 0 spiro atoms. The zero-order chi connectivity index (χ0) is 31.3. The molecule has 0 aromatic heterocycles. The fourth-order valence-electron chi connectivity index (χ4n) is 0. The number of methoxy groups -OCH3 is 1. The van der Waals surface area contributed by atoms with Gasteiger partial charge in [-0.05, 0) is 0 Å². The summed E-state index contributed by atoms with van der Waals surface area (Å²) in [4.78, 5) is 9.15. The molecule has 0 saturated heterocycles. The summed E-state index contributed by atoms with van der Waals surface area (Å²) >= 11 is 0. The minimum atomic E-state index is -6.00. The molecule has 0 aromatic rings. The summed E-state index contributed by atoms with van der Waals surface area (Å²) in [5, 5.41) is 7.50. The van der Waals surface area contributed by atoms with Gasteiger partial charge in [-0.25, -0.2) is 4.79 Å². The van der Waals surface area contributed by atoms with Gasteiger partial charge in [0.1, 0.15) is 0 Å². The Hall–Kier alpha value is -1.02. The third-order valence-corrected chi connectivity index (χ3v) is 0.175. The third-order valence-electron chi connectivity index (χ3n) is 0.175. The topological polar surface area (TPSA) is 46.5 Å². The van der Waals surface area contributed by atoms with E-state index in [1.54, 1.807) is 0 Å². The van der Waals surface area contributed by atoms with E-state index in [1.807, 2.05) is 0 Å². The molecule has 224 valence electrons. The van der Waals surface area contributed by atoms with Crippen LogP contribution in [0.3, 0.4) is 0 Å². The van der Waals surface area contributed by atoms with Crippen LogP contribution in [-0.4, -0.2) is 91.5 Å². The third kappa shape index (κ3) is 35100. The van der Waals surface area contributed by atoms with E-state index in [9.17, 15) is 104 Å². The van der Waals surface area contributed by atoms with Gasteiger partial charge in [-0.1, -0.05) is 0 Å². The van der Waals surface area contributed by atoms with Crippen molar-refractivity contribution in [3.63, 3.8) is 0 Å². The molecule has 0 aromatic carbocycles. The Balaban J connectivity index is -0.0000000422. The summed E-state index contributed by atoms with van der Waals surface area (Å²) < 4.78 is 238. The zero-order valence-electron chi connectivity index (χ0n) is 15.3. The van der Waals surface area contributed by atoms with Gasteiger partial charge in [0.05, 0.1) is 7.11 Å². The van der Waals surface area contributed by atoms with E-state index < -0.39 is 49.7 Å². The van der Waals surface area contributed by atoms with Gasteiger partial charge in [-0.2, -0.15) is 0 Å². The maximum atomic E-state index is 9.75. The van der Waals surface area contributed by atoms with Gasteiger partial charge in [-0.3, -0.25) is 0 Å². The van der Waals surface area contributed by atoms with Crippen LogP contribution in [0.1, 0.15) is 0 Å². The van der Waals surface area contributed by atoms with Crippen LogP contribution < -0.4 is 0 Å². The monoisotopic (exact) mass is 622 g/mol. The van der Waals surface area contributed by atoms with Crippen molar-refractivity contribution in [2.24, 2.45) is 0 Å². The molecule has 0 heterocycles. The van der Waals surface area contributed by atoms with Crippen molar-refractivity contribution < 1.29 is 118 Å². The molecule has 1 N–H and O–H groups in total. The van der Waals surface area contributed by atoms with Crippen LogP contribution in [-0.2, 0) is 4.74 Å². The molecule has 0 amide bonds. The minimum absolute atomic E-state index is 0. The first-order valence-electron chi connectivity index (χ1n) is 6.28. The Morgan fingerprint density at radius 1 is 0.417 bits per heavy atom. The molecular weight excluding hydrogens is 616 g/mol. The second-order valence-corrected chi connectivity index (χ2v) is 3.44. The van der Waals surface area contributed by atoms with Crippen molar-refractivity contribution in [2.75, 3.05) is 7.11 Å². The van der Waals surface area contributed by atoms with Crippen LogP contribution in [0.4, 0.5) is 108 Å². The van der Waals surface area contributed by atoms with Crippen molar-refractivity contribution in [1.82, 2.24) is 0 Å². The number of halogens is 24. The zero-order valence-corrected chi connectivity index (χ0v) is 15.3. The molecule has 3 nitrogen and oxygen atoms in total. The Kier molecular flexibility index (Phi) is 37.5. The first-order chi connectivity index (χ1) is 14.3. The molecule has 0 bridgehead atoms. The molecule has 0 atom stereocenters. The van der Waals surface area contributed by atoms with Gasteiger partial charge in [-0.15, -0.1) is 0 Å². The summed E-state index contributed by atoms with van der Waals surface area (Å²) in [5.41, 5.74) is 0. The van der Waals surface area contributed by atoms with Gasteiger partial charge in [0.15, 0.2) is 0 Å². The normalized spacial score (nSPS) is 10.9. The van der Waals surface area contributed by atoms with E-state index in [0.29, 0.717) is 0 Å². The molecule has 0 rings (SSSR count). The van der Waals surface area contributed by atoms with E-state index in [0.717, 1.165) is 7.11 Å². The second-order valence-electron chi connectivity index (χ2n) is 3.44.